The first kappa shape index (κ1) is 21.7. The molecule has 0 bridgehead atoms. The van der Waals surface area contributed by atoms with Crippen molar-refractivity contribution in [2.45, 2.75) is 39.7 Å². The largest absolute Gasteiger partial charge is 0.484 e. The van der Waals surface area contributed by atoms with Gasteiger partial charge in [-0.15, -0.1) is 0 Å². The molecule has 0 aliphatic carbocycles. The zero-order chi connectivity index (χ0) is 21.5. The molecule has 160 valence electrons. The van der Waals surface area contributed by atoms with Crippen LogP contribution in [0.15, 0.2) is 42.5 Å². The van der Waals surface area contributed by atoms with E-state index in [-0.39, 0.29) is 31.1 Å². The normalized spacial score (nSPS) is 14.3. The third-order valence-electron chi connectivity index (χ3n) is 5.44. The quantitative estimate of drug-likeness (QED) is 0.761. The van der Waals surface area contributed by atoms with Gasteiger partial charge >= 0.3 is 0 Å². The Bertz CT molecular complexity index is 871. The molecule has 0 aromatic heterocycles. The van der Waals surface area contributed by atoms with Crippen molar-refractivity contribution in [1.82, 2.24) is 10.2 Å². The maximum atomic E-state index is 12.4. The fourth-order valence-corrected chi connectivity index (χ4v) is 3.37. The van der Waals surface area contributed by atoms with E-state index in [4.69, 9.17) is 9.47 Å². The second-order valence-corrected chi connectivity index (χ2v) is 7.86. The summed E-state index contributed by atoms with van der Waals surface area (Å²) in [6, 6.07) is 13.5. The van der Waals surface area contributed by atoms with E-state index in [2.05, 4.69) is 5.32 Å². The van der Waals surface area contributed by atoms with Crippen LogP contribution < -0.4 is 14.8 Å². The van der Waals surface area contributed by atoms with Gasteiger partial charge in [-0.3, -0.25) is 9.59 Å². The Morgan fingerprint density at radius 3 is 2.20 bits per heavy atom. The number of hydrogen-bond acceptors (Lipinski definition) is 4. The van der Waals surface area contributed by atoms with Gasteiger partial charge in [0.2, 0.25) is 0 Å². The lowest BCUT2D eigenvalue weighted by atomic mass is 10.1. The van der Waals surface area contributed by atoms with Gasteiger partial charge in [-0.25, -0.2) is 0 Å². The molecule has 6 heteroatoms. The van der Waals surface area contributed by atoms with Crippen LogP contribution in [0.3, 0.4) is 0 Å². The molecule has 0 saturated carbocycles. The van der Waals surface area contributed by atoms with Crippen molar-refractivity contribution in [2.75, 3.05) is 26.3 Å². The predicted molar refractivity (Wildman–Crippen MR) is 116 cm³/mol. The van der Waals surface area contributed by atoms with Crippen molar-refractivity contribution >= 4 is 11.8 Å². The fourth-order valence-electron chi connectivity index (χ4n) is 3.37. The number of amides is 2. The molecular weight excluding hydrogens is 380 g/mol. The smallest absolute Gasteiger partial charge is 0.260 e. The molecular formula is C24H30N2O4. The van der Waals surface area contributed by atoms with Crippen LogP contribution in [-0.4, -0.2) is 49.1 Å². The van der Waals surface area contributed by atoms with Gasteiger partial charge in [0.1, 0.15) is 11.5 Å². The second kappa shape index (κ2) is 10.1. The van der Waals surface area contributed by atoms with Gasteiger partial charge in [0.15, 0.2) is 13.2 Å². The minimum atomic E-state index is -0.138. The van der Waals surface area contributed by atoms with Gasteiger partial charge in [-0.05, 0) is 69.0 Å². The molecule has 0 spiro atoms. The number of rotatable bonds is 7. The first-order valence-electron chi connectivity index (χ1n) is 10.4. The Labute approximate surface area is 178 Å². The van der Waals surface area contributed by atoms with Gasteiger partial charge in [-0.2, -0.15) is 0 Å². The second-order valence-electron chi connectivity index (χ2n) is 7.86. The van der Waals surface area contributed by atoms with Gasteiger partial charge in [-0.1, -0.05) is 23.8 Å². The number of hydrogen-bond donors (Lipinski definition) is 1. The molecule has 1 heterocycles. The SMILES string of the molecule is Cc1ccc(OCC(=O)N2CCC(NC(=O)COc3ccc(C)c(C)c3)CC2)cc1. The summed E-state index contributed by atoms with van der Waals surface area (Å²) in [5.41, 5.74) is 3.48. The number of nitrogens with zero attached hydrogens (tertiary/aromatic N) is 1. The summed E-state index contributed by atoms with van der Waals surface area (Å²) in [7, 11) is 0. The van der Waals surface area contributed by atoms with Crippen LogP contribution >= 0.6 is 0 Å². The molecule has 2 aromatic rings. The summed E-state index contributed by atoms with van der Waals surface area (Å²) in [6.45, 7) is 7.31. The van der Waals surface area contributed by atoms with E-state index in [1.807, 2.05) is 63.2 Å². The standard InChI is InChI=1S/C24H30N2O4/c1-17-4-7-21(8-5-17)30-16-24(28)26-12-10-20(11-13-26)25-23(27)15-29-22-9-6-18(2)19(3)14-22/h4-9,14,20H,10-13,15-16H2,1-3H3,(H,25,27). The Morgan fingerprint density at radius 1 is 0.900 bits per heavy atom. The molecule has 30 heavy (non-hydrogen) atoms. The zero-order valence-corrected chi connectivity index (χ0v) is 17.9. The van der Waals surface area contributed by atoms with E-state index >= 15 is 0 Å². The van der Waals surface area contributed by atoms with E-state index in [0.29, 0.717) is 24.6 Å². The molecule has 2 amide bonds. The van der Waals surface area contributed by atoms with Crippen LogP contribution in [0.4, 0.5) is 0 Å². The zero-order valence-electron chi connectivity index (χ0n) is 17.9. The van der Waals surface area contributed by atoms with E-state index in [0.717, 1.165) is 24.0 Å². The molecule has 1 aliphatic rings. The van der Waals surface area contributed by atoms with Crippen LogP contribution in [0.2, 0.25) is 0 Å². The van der Waals surface area contributed by atoms with Crippen molar-refractivity contribution in [2.24, 2.45) is 0 Å². The molecule has 0 atom stereocenters. The fraction of sp³-hybridized carbons (Fsp3) is 0.417. The van der Waals surface area contributed by atoms with Crippen molar-refractivity contribution in [3.05, 3.63) is 59.2 Å². The summed E-state index contributed by atoms with van der Waals surface area (Å²) < 4.78 is 11.2. The molecule has 3 rings (SSSR count). The monoisotopic (exact) mass is 410 g/mol. The average molecular weight is 411 g/mol. The van der Waals surface area contributed by atoms with E-state index < -0.39 is 0 Å². The number of aryl methyl sites for hydroxylation is 3. The number of carbonyl (C=O) groups is 2. The van der Waals surface area contributed by atoms with Gasteiger partial charge in [0.25, 0.3) is 11.8 Å². The van der Waals surface area contributed by atoms with Crippen LogP contribution in [0, 0.1) is 20.8 Å². The molecule has 0 unspecified atom stereocenters. The lowest BCUT2D eigenvalue weighted by Gasteiger charge is -2.32. The first-order valence-corrected chi connectivity index (χ1v) is 10.4. The molecule has 6 nitrogen and oxygen atoms in total. The Balaban J connectivity index is 1.36. The number of ether oxygens (including phenoxy) is 2. The minimum Gasteiger partial charge on any atom is -0.484 e. The molecule has 1 N–H and O–H groups in total. The lowest BCUT2D eigenvalue weighted by molar-refractivity contribution is -0.134. The highest BCUT2D eigenvalue weighted by molar-refractivity contribution is 5.79. The Kier molecular flexibility index (Phi) is 7.33. The highest BCUT2D eigenvalue weighted by Gasteiger charge is 2.24. The van der Waals surface area contributed by atoms with Crippen LogP contribution in [0.1, 0.15) is 29.5 Å². The molecule has 2 aromatic carbocycles. The van der Waals surface area contributed by atoms with Gasteiger partial charge < -0.3 is 19.7 Å². The molecule has 1 aliphatic heterocycles. The Hall–Kier alpha value is -3.02. The number of carbonyl (C=O) groups excluding carboxylic acids is 2. The molecule has 1 fully saturated rings. The summed E-state index contributed by atoms with van der Waals surface area (Å²) in [5.74, 6) is 1.22. The van der Waals surface area contributed by atoms with E-state index in [1.165, 1.54) is 5.56 Å². The van der Waals surface area contributed by atoms with Crippen LogP contribution in [-0.2, 0) is 9.59 Å². The molecule has 0 radical (unpaired) electrons. The van der Waals surface area contributed by atoms with Crippen LogP contribution in [0.25, 0.3) is 0 Å². The van der Waals surface area contributed by atoms with Crippen molar-refractivity contribution in [3.8, 4) is 11.5 Å². The predicted octanol–water partition coefficient (Wildman–Crippen LogP) is 3.18. The highest BCUT2D eigenvalue weighted by Crippen LogP contribution is 2.17. The summed E-state index contributed by atoms with van der Waals surface area (Å²) >= 11 is 0. The average Bonchev–Trinajstić information content (AvgIpc) is 2.74. The van der Waals surface area contributed by atoms with Crippen molar-refractivity contribution in [3.63, 3.8) is 0 Å². The maximum absolute atomic E-state index is 12.4. The summed E-state index contributed by atoms with van der Waals surface area (Å²) in [4.78, 5) is 26.4. The van der Waals surface area contributed by atoms with Crippen molar-refractivity contribution < 1.29 is 19.1 Å². The topological polar surface area (TPSA) is 67.9 Å². The third-order valence-corrected chi connectivity index (χ3v) is 5.44. The minimum absolute atomic E-state index is 0.00790. The molecule has 1 saturated heterocycles. The highest BCUT2D eigenvalue weighted by atomic mass is 16.5. The van der Waals surface area contributed by atoms with Gasteiger partial charge in [0.05, 0.1) is 0 Å². The number of benzene rings is 2. The lowest BCUT2D eigenvalue weighted by Crippen LogP contribution is -2.48. The Morgan fingerprint density at radius 2 is 1.53 bits per heavy atom. The summed E-state index contributed by atoms with van der Waals surface area (Å²) in [5, 5.41) is 3.00. The first-order chi connectivity index (χ1) is 14.4. The number of piperidine rings is 1. The van der Waals surface area contributed by atoms with Crippen molar-refractivity contribution in [1.29, 1.82) is 0 Å². The maximum Gasteiger partial charge on any atom is 0.260 e. The number of nitrogens with one attached hydrogen (secondary N) is 1. The third kappa shape index (κ3) is 6.24. The summed E-state index contributed by atoms with van der Waals surface area (Å²) in [6.07, 6.45) is 1.46. The van der Waals surface area contributed by atoms with E-state index in [1.54, 1.807) is 4.90 Å². The van der Waals surface area contributed by atoms with Crippen LogP contribution in [0.5, 0.6) is 11.5 Å². The number of likely N-dealkylation sites (tertiary alicyclic amines) is 1. The van der Waals surface area contributed by atoms with E-state index in [9.17, 15) is 9.59 Å². The van der Waals surface area contributed by atoms with Gasteiger partial charge in [0, 0.05) is 19.1 Å².